The van der Waals surface area contributed by atoms with Crippen LogP contribution in [0.25, 0.3) is 0 Å². The monoisotopic (exact) mass is 307 g/mol. The predicted molar refractivity (Wildman–Crippen MR) is 76.8 cm³/mol. The highest BCUT2D eigenvalue weighted by Crippen LogP contribution is 2.23. The van der Waals surface area contributed by atoms with Crippen molar-refractivity contribution >= 4 is 29.0 Å². The van der Waals surface area contributed by atoms with Gasteiger partial charge in [-0.3, -0.25) is 9.59 Å². The number of anilines is 1. The van der Waals surface area contributed by atoms with Gasteiger partial charge in [0.2, 0.25) is 0 Å². The first-order chi connectivity index (χ1) is 10.0. The molecule has 2 aromatic rings. The Labute approximate surface area is 123 Å². The summed E-state index contributed by atoms with van der Waals surface area (Å²) < 4.78 is 0. The van der Waals surface area contributed by atoms with Crippen molar-refractivity contribution in [3.05, 3.63) is 57.0 Å². The van der Waals surface area contributed by atoms with E-state index in [9.17, 15) is 9.59 Å². The average molecular weight is 308 g/mol. The normalized spacial score (nSPS) is 11.2. The van der Waals surface area contributed by atoms with Gasteiger partial charge in [-0.2, -0.15) is 5.10 Å². The summed E-state index contributed by atoms with van der Waals surface area (Å²) in [5.41, 5.74) is 5.70. The molecule has 1 aromatic carbocycles. The van der Waals surface area contributed by atoms with Crippen molar-refractivity contribution < 1.29 is 10.0 Å². The van der Waals surface area contributed by atoms with Crippen molar-refractivity contribution in [3.63, 3.8) is 0 Å². The minimum atomic E-state index is -0.565. The number of nitrogens with one attached hydrogen (secondary N) is 2. The average Bonchev–Trinajstić information content (AvgIpc) is 2.49. The maximum atomic E-state index is 12.0. The van der Waals surface area contributed by atoms with Crippen LogP contribution in [0.15, 0.2) is 40.3 Å². The molecule has 0 saturated carbocycles. The van der Waals surface area contributed by atoms with Crippen molar-refractivity contribution in [1.82, 2.24) is 10.2 Å². The number of amidine groups is 1. The fourth-order valence-electron chi connectivity index (χ4n) is 1.50. The highest BCUT2D eigenvalue weighted by molar-refractivity contribution is 6.34. The summed E-state index contributed by atoms with van der Waals surface area (Å²) in [5.74, 6) is -0.686. The Bertz CT molecular complexity index is 751. The molecule has 0 unspecified atom stereocenters. The number of carbonyl (C=O) groups excluding carboxylic acids is 1. The molecule has 0 aliphatic rings. The minimum absolute atomic E-state index is 0.0138. The maximum absolute atomic E-state index is 12.0. The molecule has 0 aliphatic carbocycles. The van der Waals surface area contributed by atoms with E-state index in [1.165, 1.54) is 30.3 Å². The molecule has 9 heteroatoms. The summed E-state index contributed by atoms with van der Waals surface area (Å²) in [4.78, 5) is 22.9. The van der Waals surface area contributed by atoms with E-state index in [4.69, 9.17) is 22.5 Å². The molecular formula is C12H10ClN5O3. The molecule has 0 saturated heterocycles. The Balaban J connectivity index is 2.28. The summed E-state index contributed by atoms with van der Waals surface area (Å²) in [6.45, 7) is 0. The van der Waals surface area contributed by atoms with Gasteiger partial charge in [-0.15, -0.1) is 0 Å². The zero-order valence-corrected chi connectivity index (χ0v) is 11.3. The van der Waals surface area contributed by atoms with Gasteiger partial charge in [-0.05, 0) is 24.3 Å². The number of hydrogen-bond donors (Lipinski definition) is 4. The lowest BCUT2D eigenvalue weighted by Gasteiger charge is -2.08. The van der Waals surface area contributed by atoms with Gasteiger partial charge >= 0.3 is 0 Å². The molecule has 2 rings (SSSR count). The van der Waals surface area contributed by atoms with Crippen LogP contribution in [0.3, 0.4) is 0 Å². The molecule has 0 fully saturated rings. The first kappa shape index (κ1) is 14.5. The zero-order chi connectivity index (χ0) is 15.4. The van der Waals surface area contributed by atoms with Crippen molar-refractivity contribution in [2.24, 2.45) is 10.9 Å². The van der Waals surface area contributed by atoms with E-state index in [0.29, 0.717) is 5.56 Å². The van der Waals surface area contributed by atoms with E-state index in [-0.39, 0.29) is 22.2 Å². The summed E-state index contributed by atoms with van der Waals surface area (Å²) in [5, 5.41) is 20.0. The third-order valence-electron chi connectivity index (χ3n) is 2.53. The second kappa shape index (κ2) is 6.06. The predicted octanol–water partition coefficient (Wildman–Crippen LogP) is 0.770. The van der Waals surface area contributed by atoms with E-state index in [2.05, 4.69) is 20.7 Å². The van der Waals surface area contributed by atoms with Crippen LogP contribution in [-0.2, 0) is 0 Å². The third kappa shape index (κ3) is 3.37. The maximum Gasteiger partial charge on any atom is 0.276 e. The smallest absolute Gasteiger partial charge is 0.276 e. The number of amides is 1. The van der Waals surface area contributed by atoms with Crippen LogP contribution in [0.5, 0.6) is 0 Å². The molecular weight excluding hydrogens is 298 g/mol. The van der Waals surface area contributed by atoms with Crippen LogP contribution >= 0.6 is 11.6 Å². The highest BCUT2D eigenvalue weighted by atomic mass is 35.5. The number of aromatic nitrogens is 2. The molecule has 0 radical (unpaired) electrons. The molecule has 0 spiro atoms. The molecule has 1 amide bonds. The van der Waals surface area contributed by atoms with Crippen LogP contribution in [0, 0.1) is 0 Å². The minimum Gasteiger partial charge on any atom is -0.409 e. The van der Waals surface area contributed by atoms with E-state index in [0.717, 1.165) is 0 Å². The van der Waals surface area contributed by atoms with Crippen LogP contribution in [-0.4, -0.2) is 27.1 Å². The van der Waals surface area contributed by atoms with Crippen LogP contribution in [0.4, 0.5) is 5.69 Å². The van der Waals surface area contributed by atoms with E-state index >= 15 is 0 Å². The molecule has 108 valence electrons. The fourth-order valence-corrected chi connectivity index (χ4v) is 1.66. The van der Waals surface area contributed by atoms with E-state index in [1.54, 1.807) is 0 Å². The molecule has 0 aliphatic heterocycles. The lowest BCUT2D eigenvalue weighted by atomic mass is 10.2. The molecule has 0 atom stereocenters. The largest absolute Gasteiger partial charge is 0.409 e. The van der Waals surface area contributed by atoms with Crippen molar-refractivity contribution in [1.29, 1.82) is 0 Å². The second-order valence-corrected chi connectivity index (χ2v) is 4.35. The van der Waals surface area contributed by atoms with Gasteiger partial charge in [0.1, 0.15) is 5.69 Å². The summed E-state index contributed by atoms with van der Waals surface area (Å²) in [7, 11) is 0. The van der Waals surface area contributed by atoms with Crippen molar-refractivity contribution in [3.8, 4) is 0 Å². The lowest BCUT2D eigenvalue weighted by molar-refractivity contribution is 0.102. The van der Waals surface area contributed by atoms with Gasteiger partial charge in [-0.25, -0.2) is 5.10 Å². The second-order valence-electron chi connectivity index (χ2n) is 3.94. The third-order valence-corrected chi connectivity index (χ3v) is 2.86. The Kier molecular flexibility index (Phi) is 4.19. The molecule has 5 N–H and O–H groups in total. The van der Waals surface area contributed by atoms with Gasteiger partial charge in [0, 0.05) is 11.6 Å². The number of oxime groups is 1. The number of H-pyrrole nitrogens is 1. The van der Waals surface area contributed by atoms with Crippen molar-refractivity contribution in [2.75, 3.05) is 5.32 Å². The van der Waals surface area contributed by atoms with Crippen LogP contribution < -0.4 is 16.6 Å². The molecule has 0 bridgehead atoms. The standard InChI is InChI=1S/C12H10ClN5O3/c13-7-2-1-6(11(14)18-21)5-9(7)15-12(20)8-3-4-10(19)17-16-8/h1-5,21H,(H2,14,18)(H,15,20)(H,17,19). The Hall–Kier alpha value is -2.87. The number of carbonyl (C=O) groups is 1. The summed E-state index contributed by atoms with van der Waals surface area (Å²) in [6.07, 6.45) is 0. The van der Waals surface area contributed by atoms with Gasteiger partial charge in [0.25, 0.3) is 11.5 Å². The first-order valence-corrected chi connectivity index (χ1v) is 6.03. The van der Waals surface area contributed by atoms with Crippen LogP contribution in [0.1, 0.15) is 16.1 Å². The SMILES string of the molecule is N/C(=N/O)c1ccc(Cl)c(NC(=O)c2ccc(=O)[nH]n2)c1. The Morgan fingerprint density at radius 1 is 1.38 bits per heavy atom. The summed E-state index contributed by atoms with van der Waals surface area (Å²) >= 11 is 5.96. The number of nitrogens with zero attached hydrogens (tertiary/aromatic N) is 2. The quantitative estimate of drug-likeness (QED) is 0.287. The van der Waals surface area contributed by atoms with Gasteiger partial charge in [-0.1, -0.05) is 16.8 Å². The number of hydrogen-bond acceptors (Lipinski definition) is 5. The molecule has 21 heavy (non-hydrogen) atoms. The lowest BCUT2D eigenvalue weighted by Crippen LogP contribution is -2.18. The number of aromatic amines is 1. The molecule has 1 heterocycles. The van der Waals surface area contributed by atoms with Crippen LogP contribution in [0.2, 0.25) is 5.02 Å². The molecule has 8 nitrogen and oxygen atoms in total. The zero-order valence-electron chi connectivity index (χ0n) is 10.5. The Morgan fingerprint density at radius 3 is 2.76 bits per heavy atom. The van der Waals surface area contributed by atoms with E-state index in [1.807, 2.05) is 0 Å². The Morgan fingerprint density at radius 2 is 2.14 bits per heavy atom. The number of halogens is 1. The van der Waals surface area contributed by atoms with E-state index < -0.39 is 11.5 Å². The fraction of sp³-hybridized carbons (Fsp3) is 0. The number of nitrogens with two attached hydrogens (primary N) is 1. The summed E-state index contributed by atoms with van der Waals surface area (Å²) in [6, 6.07) is 6.92. The molecule has 1 aromatic heterocycles. The van der Waals surface area contributed by atoms with Crippen molar-refractivity contribution in [2.45, 2.75) is 0 Å². The number of rotatable bonds is 3. The number of benzene rings is 1. The first-order valence-electron chi connectivity index (χ1n) is 5.66. The van der Waals surface area contributed by atoms with Gasteiger partial charge in [0.15, 0.2) is 5.84 Å². The van der Waals surface area contributed by atoms with Gasteiger partial charge < -0.3 is 16.3 Å². The van der Waals surface area contributed by atoms with Gasteiger partial charge in [0.05, 0.1) is 10.7 Å². The topological polar surface area (TPSA) is 133 Å². The highest BCUT2D eigenvalue weighted by Gasteiger charge is 2.11.